The van der Waals surface area contributed by atoms with Crippen molar-refractivity contribution in [3.05, 3.63) is 34.0 Å². The fourth-order valence-electron chi connectivity index (χ4n) is 1.76. The number of rotatable bonds is 4. The Morgan fingerprint density at radius 1 is 1.50 bits per heavy atom. The minimum Gasteiger partial charge on any atom is -0.361 e. The second-order valence-electron chi connectivity index (χ2n) is 4.29. The third-order valence-electron chi connectivity index (χ3n) is 2.73. The van der Waals surface area contributed by atoms with E-state index in [-0.39, 0.29) is 0 Å². The van der Waals surface area contributed by atoms with Crippen LogP contribution < -0.4 is 10.7 Å². The molecule has 0 atom stereocenters. The summed E-state index contributed by atoms with van der Waals surface area (Å²) in [6.07, 6.45) is 5.23. The van der Waals surface area contributed by atoms with Crippen molar-refractivity contribution in [3.63, 3.8) is 0 Å². The van der Waals surface area contributed by atoms with Gasteiger partial charge in [0.15, 0.2) is 5.11 Å². The molecule has 0 radical (unpaired) electrons. The smallest absolute Gasteiger partial charge is 0.186 e. The number of hydrogen-bond acceptors (Lipinski definition) is 3. The molecule has 0 aromatic carbocycles. The third-order valence-corrected chi connectivity index (χ3v) is 3.90. The molecule has 0 bridgehead atoms. The van der Waals surface area contributed by atoms with Gasteiger partial charge in [-0.15, -0.1) is 11.3 Å². The van der Waals surface area contributed by atoms with Crippen molar-refractivity contribution >= 4 is 34.4 Å². The maximum atomic E-state index is 5.17. The first-order valence-electron chi connectivity index (χ1n) is 6.04. The third kappa shape index (κ3) is 4.23. The van der Waals surface area contributed by atoms with Gasteiger partial charge in [0.25, 0.3) is 0 Å². The van der Waals surface area contributed by atoms with Gasteiger partial charge in [-0.2, -0.15) is 5.10 Å². The molecule has 1 aromatic rings. The van der Waals surface area contributed by atoms with Crippen LogP contribution in [0.1, 0.15) is 24.6 Å². The Kier molecular flexibility index (Phi) is 4.90. The number of hydrazone groups is 1. The van der Waals surface area contributed by atoms with Crippen molar-refractivity contribution in [3.8, 4) is 0 Å². The summed E-state index contributed by atoms with van der Waals surface area (Å²) < 4.78 is 0. The summed E-state index contributed by atoms with van der Waals surface area (Å²) >= 11 is 6.94. The van der Waals surface area contributed by atoms with Crippen molar-refractivity contribution in [1.29, 1.82) is 0 Å². The van der Waals surface area contributed by atoms with Crippen molar-refractivity contribution in [2.24, 2.45) is 5.10 Å². The molecule has 0 amide bonds. The van der Waals surface area contributed by atoms with Gasteiger partial charge in [0.2, 0.25) is 0 Å². The highest BCUT2D eigenvalue weighted by Gasteiger charge is 2.06. The summed E-state index contributed by atoms with van der Waals surface area (Å²) in [6.45, 7) is 2.96. The van der Waals surface area contributed by atoms with Gasteiger partial charge in [0.05, 0.1) is 5.71 Å². The summed E-state index contributed by atoms with van der Waals surface area (Å²) in [6, 6.07) is 4.20. The van der Waals surface area contributed by atoms with Crippen molar-refractivity contribution in [1.82, 2.24) is 10.7 Å². The van der Waals surface area contributed by atoms with Crippen molar-refractivity contribution in [2.75, 3.05) is 6.54 Å². The summed E-state index contributed by atoms with van der Waals surface area (Å²) in [5.74, 6) is 0. The van der Waals surface area contributed by atoms with Crippen LogP contribution in [0.5, 0.6) is 0 Å². The molecule has 2 N–H and O–H groups in total. The lowest BCUT2D eigenvalue weighted by molar-refractivity contribution is 0.843. The lowest BCUT2D eigenvalue weighted by atomic mass is 10.3. The molecular weight excluding hydrogens is 262 g/mol. The SMILES string of the molecule is CC1=C/C(=N\NC(=S)NCCc2cccs2)CC1. The van der Waals surface area contributed by atoms with Gasteiger partial charge in [-0.3, -0.25) is 5.43 Å². The minimum atomic E-state index is 0.594. The van der Waals surface area contributed by atoms with E-state index in [2.05, 4.69) is 46.4 Å². The highest BCUT2D eigenvalue weighted by atomic mass is 32.1. The van der Waals surface area contributed by atoms with Gasteiger partial charge in [0.1, 0.15) is 0 Å². The van der Waals surface area contributed by atoms with E-state index in [1.54, 1.807) is 11.3 Å². The topological polar surface area (TPSA) is 36.4 Å². The molecule has 96 valence electrons. The Bertz CT molecular complexity index is 461. The second-order valence-corrected chi connectivity index (χ2v) is 5.73. The normalized spacial score (nSPS) is 16.7. The van der Waals surface area contributed by atoms with E-state index in [0.29, 0.717) is 5.11 Å². The fourth-order valence-corrected chi connectivity index (χ4v) is 2.62. The molecule has 0 spiro atoms. The molecule has 1 aliphatic carbocycles. The Balaban J connectivity index is 1.66. The van der Waals surface area contributed by atoms with Gasteiger partial charge in [-0.25, -0.2) is 0 Å². The predicted molar refractivity (Wildman–Crippen MR) is 82.2 cm³/mol. The van der Waals surface area contributed by atoms with Crippen LogP contribution in [-0.2, 0) is 6.42 Å². The number of nitrogens with zero attached hydrogens (tertiary/aromatic N) is 1. The average Bonchev–Trinajstić information content (AvgIpc) is 2.98. The second kappa shape index (κ2) is 6.66. The molecule has 0 saturated carbocycles. The molecular formula is C13H17N3S2. The Labute approximate surface area is 117 Å². The zero-order chi connectivity index (χ0) is 12.8. The number of hydrogen-bond donors (Lipinski definition) is 2. The Morgan fingerprint density at radius 3 is 3.06 bits per heavy atom. The van der Waals surface area contributed by atoms with Gasteiger partial charge in [-0.05, 0) is 55.9 Å². The van der Waals surface area contributed by atoms with Crippen LogP contribution in [-0.4, -0.2) is 17.4 Å². The van der Waals surface area contributed by atoms with Crippen LogP contribution in [0.3, 0.4) is 0 Å². The van der Waals surface area contributed by atoms with E-state index < -0.39 is 0 Å². The first kappa shape index (κ1) is 13.2. The van der Waals surface area contributed by atoms with E-state index >= 15 is 0 Å². The molecule has 0 unspecified atom stereocenters. The molecule has 5 heteroatoms. The zero-order valence-electron chi connectivity index (χ0n) is 10.4. The first-order valence-corrected chi connectivity index (χ1v) is 7.33. The number of thiocarbonyl (C=S) groups is 1. The molecule has 0 aliphatic heterocycles. The number of nitrogens with one attached hydrogen (secondary N) is 2. The maximum Gasteiger partial charge on any atom is 0.186 e. The largest absolute Gasteiger partial charge is 0.361 e. The molecule has 18 heavy (non-hydrogen) atoms. The molecule has 2 rings (SSSR count). The molecule has 1 aromatic heterocycles. The van der Waals surface area contributed by atoms with Crippen LogP contribution >= 0.6 is 23.6 Å². The minimum absolute atomic E-state index is 0.594. The zero-order valence-corrected chi connectivity index (χ0v) is 12.0. The molecule has 0 saturated heterocycles. The predicted octanol–water partition coefficient (Wildman–Crippen LogP) is 2.85. The highest BCUT2D eigenvalue weighted by Crippen LogP contribution is 2.14. The monoisotopic (exact) mass is 279 g/mol. The summed E-state index contributed by atoms with van der Waals surface area (Å²) in [5.41, 5.74) is 5.35. The van der Waals surface area contributed by atoms with Gasteiger partial charge >= 0.3 is 0 Å². The van der Waals surface area contributed by atoms with E-state index in [0.717, 1.165) is 31.5 Å². The lowest BCUT2D eigenvalue weighted by Gasteiger charge is -2.06. The van der Waals surface area contributed by atoms with Crippen molar-refractivity contribution < 1.29 is 0 Å². The van der Waals surface area contributed by atoms with Crippen molar-refractivity contribution in [2.45, 2.75) is 26.2 Å². The standard InChI is InChI=1S/C13H17N3S2/c1-10-4-5-11(9-10)15-16-13(17)14-7-6-12-3-2-8-18-12/h2-3,8-9H,4-7H2,1H3,(H2,14,16,17)/b15-11-. The summed E-state index contributed by atoms with van der Waals surface area (Å²) in [7, 11) is 0. The van der Waals surface area contributed by atoms with Gasteiger partial charge < -0.3 is 5.32 Å². The van der Waals surface area contributed by atoms with Crippen LogP contribution in [0.2, 0.25) is 0 Å². The lowest BCUT2D eigenvalue weighted by Crippen LogP contribution is -2.33. The number of thiophene rings is 1. The maximum absolute atomic E-state index is 5.17. The Morgan fingerprint density at radius 2 is 2.39 bits per heavy atom. The molecule has 3 nitrogen and oxygen atoms in total. The van der Waals surface area contributed by atoms with E-state index in [1.165, 1.54) is 10.5 Å². The van der Waals surface area contributed by atoms with E-state index in [1.807, 2.05) is 0 Å². The molecule has 0 fully saturated rings. The van der Waals surface area contributed by atoms with E-state index in [4.69, 9.17) is 12.2 Å². The van der Waals surface area contributed by atoms with Crippen LogP contribution in [0.4, 0.5) is 0 Å². The fraction of sp³-hybridized carbons (Fsp3) is 0.385. The first-order chi connectivity index (χ1) is 8.74. The molecule has 1 heterocycles. The van der Waals surface area contributed by atoms with Crippen LogP contribution in [0.25, 0.3) is 0 Å². The Hall–Kier alpha value is -1.20. The summed E-state index contributed by atoms with van der Waals surface area (Å²) in [5, 5.41) is 10.1. The average molecular weight is 279 g/mol. The quantitative estimate of drug-likeness (QED) is 0.657. The molecule has 1 aliphatic rings. The highest BCUT2D eigenvalue weighted by molar-refractivity contribution is 7.80. The van der Waals surface area contributed by atoms with Crippen LogP contribution in [0, 0.1) is 0 Å². The van der Waals surface area contributed by atoms with Gasteiger partial charge in [-0.1, -0.05) is 11.6 Å². The summed E-state index contributed by atoms with van der Waals surface area (Å²) in [4.78, 5) is 1.37. The van der Waals surface area contributed by atoms with Crippen LogP contribution in [0.15, 0.2) is 34.3 Å². The van der Waals surface area contributed by atoms with Gasteiger partial charge in [0, 0.05) is 11.4 Å². The van der Waals surface area contributed by atoms with E-state index in [9.17, 15) is 0 Å². The number of allylic oxidation sites excluding steroid dienone is 2.